The lowest BCUT2D eigenvalue weighted by atomic mass is 10.2. The number of benzene rings is 1. The Morgan fingerprint density at radius 1 is 1.04 bits per heavy atom. The summed E-state index contributed by atoms with van der Waals surface area (Å²) in [5.41, 5.74) is 2.08. The molecule has 1 N–H and O–H groups in total. The number of amides is 2. The van der Waals surface area contributed by atoms with E-state index in [1.165, 1.54) is 0 Å². The summed E-state index contributed by atoms with van der Waals surface area (Å²) in [6.07, 6.45) is 1.59. The highest BCUT2D eigenvalue weighted by atomic mass is 16.2. The van der Waals surface area contributed by atoms with Crippen molar-refractivity contribution >= 4 is 29.1 Å². The Hall–Kier alpha value is -3.16. The van der Waals surface area contributed by atoms with Crippen molar-refractivity contribution in [3.8, 4) is 0 Å². The summed E-state index contributed by atoms with van der Waals surface area (Å²) in [5.74, 6) is 0.302. The van der Waals surface area contributed by atoms with Gasteiger partial charge in [0.25, 0.3) is 5.91 Å². The van der Waals surface area contributed by atoms with Crippen molar-refractivity contribution in [3.63, 3.8) is 0 Å². The Morgan fingerprint density at radius 2 is 1.70 bits per heavy atom. The van der Waals surface area contributed by atoms with E-state index in [0.717, 1.165) is 5.69 Å². The minimum atomic E-state index is -0.279. The molecule has 2 aromatic rings. The van der Waals surface area contributed by atoms with E-state index in [-0.39, 0.29) is 11.8 Å². The molecular formula is C19H24N6O2. The molecule has 1 fully saturated rings. The van der Waals surface area contributed by atoms with Gasteiger partial charge in [-0.3, -0.25) is 9.59 Å². The van der Waals surface area contributed by atoms with Crippen molar-refractivity contribution < 1.29 is 9.59 Å². The molecule has 0 spiro atoms. The highest BCUT2D eigenvalue weighted by Gasteiger charge is 2.21. The molecule has 8 nitrogen and oxygen atoms in total. The molecule has 0 saturated carbocycles. The van der Waals surface area contributed by atoms with Crippen LogP contribution < -0.4 is 15.1 Å². The van der Waals surface area contributed by atoms with E-state index in [0.29, 0.717) is 43.5 Å². The lowest BCUT2D eigenvalue weighted by molar-refractivity contribution is -0.129. The van der Waals surface area contributed by atoms with Crippen LogP contribution in [0.3, 0.4) is 0 Å². The highest BCUT2D eigenvalue weighted by Crippen LogP contribution is 2.17. The van der Waals surface area contributed by atoms with Crippen molar-refractivity contribution in [3.05, 3.63) is 42.2 Å². The molecule has 27 heavy (non-hydrogen) atoms. The second-order valence-corrected chi connectivity index (χ2v) is 6.63. The first-order chi connectivity index (χ1) is 12.9. The Bertz CT molecular complexity index is 813. The predicted molar refractivity (Wildman–Crippen MR) is 105 cm³/mol. The molecule has 0 aliphatic carbocycles. The van der Waals surface area contributed by atoms with Crippen molar-refractivity contribution in [2.24, 2.45) is 0 Å². The normalized spacial score (nSPS) is 14.0. The third kappa shape index (κ3) is 4.52. The number of nitrogens with one attached hydrogen (secondary N) is 1. The van der Waals surface area contributed by atoms with E-state index in [1.54, 1.807) is 24.1 Å². The van der Waals surface area contributed by atoms with Gasteiger partial charge in [-0.15, -0.1) is 0 Å². The topological polar surface area (TPSA) is 81.7 Å². The van der Waals surface area contributed by atoms with Crippen molar-refractivity contribution in [2.45, 2.75) is 6.92 Å². The van der Waals surface area contributed by atoms with Crippen molar-refractivity contribution in [1.82, 2.24) is 14.9 Å². The van der Waals surface area contributed by atoms with E-state index >= 15 is 0 Å². The van der Waals surface area contributed by atoms with Gasteiger partial charge < -0.3 is 20.0 Å². The lowest BCUT2D eigenvalue weighted by Crippen LogP contribution is -2.48. The van der Waals surface area contributed by atoms with E-state index < -0.39 is 0 Å². The van der Waals surface area contributed by atoms with Crippen molar-refractivity contribution in [1.29, 1.82) is 0 Å². The molecule has 0 bridgehead atoms. The van der Waals surface area contributed by atoms with Crippen LogP contribution in [0.4, 0.5) is 17.3 Å². The average molecular weight is 368 g/mol. The Labute approximate surface area is 158 Å². The molecule has 8 heteroatoms. The van der Waals surface area contributed by atoms with Crippen LogP contribution in [0.15, 0.2) is 36.5 Å². The Morgan fingerprint density at radius 3 is 2.30 bits per heavy atom. The number of carbonyl (C=O) groups excluding carboxylic acids is 2. The summed E-state index contributed by atoms with van der Waals surface area (Å²) < 4.78 is 0. The molecule has 1 saturated heterocycles. The van der Waals surface area contributed by atoms with Crippen LogP contribution in [-0.4, -0.2) is 67.0 Å². The van der Waals surface area contributed by atoms with E-state index in [2.05, 4.69) is 15.3 Å². The van der Waals surface area contributed by atoms with Gasteiger partial charge in [0.2, 0.25) is 11.9 Å². The fourth-order valence-corrected chi connectivity index (χ4v) is 2.89. The van der Waals surface area contributed by atoms with Gasteiger partial charge in [0.15, 0.2) is 0 Å². The van der Waals surface area contributed by atoms with E-state index in [1.807, 2.05) is 48.2 Å². The SMILES string of the molecule is CC(=O)N1CCN(c2nccc(C(=O)Nc3ccc(N(C)C)cc3)n2)CC1. The number of nitrogens with zero attached hydrogens (tertiary/aromatic N) is 5. The maximum atomic E-state index is 12.5. The summed E-state index contributed by atoms with van der Waals surface area (Å²) in [5, 5.41) is 2.86. The van der Waals surface area contributed by atoms with Crippen LogP contribution in [-0.2, 0) is 4.79 Å². The van der Waals surface area contributed by atoms with Crippen molar-refractivity contribution in [2.75, 3.05) is 55.4 Å². The molecule has 3 rings (SSSR count). The molecule has 2 amide bonds. The van der Waals surface area contributed by atoms with Crippen LogP contribution in [0, 0.1) is 0 Å². The zero-order valence-corrected chi connectivity index (χ0v) is 15.8. The number of hydrogen-bond donors (Lipinski definition) is 1. The molecule has 1 aliphatic heterocycles. The number of carbonyl (C=O) groups is 2. The maximum absolute atomic E-state index is 12.5. The zero-order valence-electron chi connectivity index (χ0n) is 15.8. The van der Waals surface area contributed by atoms with Gasteiger partial charge in [-0.1, -0.05) is 0 Å². The smallest absolute Gasteiger partial charge is 0.274 e. The van der Waals surface area contributed by atoms with Crippen LogP contribution in [0.25, 0.3) is 0 Å². The predicted octanol–water partition coefficient (Wildman–Crippen LogP) is 1.46. The summed E-state index contributed by atoms with van der Waals surface area (Å²) in [6, 6.07) is 9.19. The van der Waals surface area contributed by atoms with Crippen LogP contribution in [0.5, 0.6) is 0 Å². The number of hydrogen-bond acceptors (Lipinski definition) is 6. The zero-order chi connectivity index (χ0) is 19.4. The third-order valence-electron chi connectivity index (χ3n) is 4.52. The van der Waals surface area contributed by atoms with Crippen LogP contribution in [0.2, 0.25) is 0 Å². The first-order valence-corrected chi connectivity index (χ1v) is 8.86. The fraction of sp³-hybridized carbons (Fsp3) is 0.368. The lowest BCUT2D eigenvalue weighted by Gasteiger charge is -2.34. The van der Waals surface area contributed by atoms with E-state index in [9.17, 15) is 9.59 Å². The monoisotopic (exact) mass is 368 g/mol. The van der Waals surface area contributed by atoms with E-state index in [4.69, 9.17) is 0 Å². The summed E-state index contributed by atoms with van der Waals surface area (Å²) >= 11 is 0. The molecule has 0 atom stereocenters. The van der Waals surface area contributed by atoms with Gasteiger partial charge in [0.05, 0.1) is 0 Å². The standard InChI is InChI=1S/C19H24N6O2/c1-14(26)24-10-12-25(13-11-24)19-20-9-8-17(22-19)18(27)21-15-4-6-16(7-5-15)23(2)3/h4-9H,10-13H2,1-3H3,(H,21,27). The highest BCUT2D eigenvalue weighted by molar-refractivity contribution is 6.03. The van der Waals surface area contributed by atoms with Gasteiger partial charge in [0, 0.05) is 64.8 Å². The second-order valence-electron chi connectivity index (χ2n) is 6.63. The first kappa shape index (κ1) is 18.6. The van der Waals surface area contributed by atoms with Gasteiger partial charge >= 0.3 is 0 Å². The van der Waals surface area contributed by atoms with Crippen LogP contribution in [0.1, 0.15) is 17.4 Å². The molecule has 1 aliphatic rings. The van der Waals surface area contributed by atoms with Gasteiger partial charge in [-0.05, 0) is 30.3 Å². The molecule has 2 heterocycles. The molecule has 0 unspecified atom stereocenters. The number of anilines is 3. The molecule has 0 radical (unpaired) electrons. The van der Waals surface area contributed by atoms with Gasteiger partial charge in [-0.25, -0.2) is 9.97 Å². The minimum absolute atomic E-state index is 0.0731. The number of aromatic nitrogens is 2. The summed E-state index contributed by atoms with van der Waals surface area (Å²) in [7, 11) is 3.93. The minimum Gasteiger partial charge on any atom is -0.378 e. The van der Waals surface area contributed by atoms with Crippen LogP contribution >= 0.6 is 0 Å². The third-order valence-corrected chi connectivity index (χ3v) is 4.52. The maximum Gasteiger partial charge on any atom is 0.274 e. The molecule has 1 aromatic heterocycles. The van der Waals surface area contributed by atoms with Gasteiger partial charge in [-0.2, -0.15) is 0 Å². The Kier molecular flexibility index (Phi) is 5.54. The number of rotatable bonds is 4. The largest absolute Gasteiger partial charge is 0.378 e. The molecule has 1 aromatic carbocycles. The quantitative estimate of drug-likeness (QED) is 0.880. The first-order valence-electron chi connectivity index (χ1n) is 8.86. The summed E-state index contributed by atoms with van der Waals surface area (Å²) in [4.78, 5) is 38.4. The molecule has 142 valence electrons. The number of piperazine rings is 1. The summed E-state index contributed by atoms with van der Waals surface area (Å²) in [6.45, 7) is 4.14. The average Bonchev–Trinajstić information content (AvgIpc) is 2.68. The Balaban J connectivity index is 1.66. The molecular weight excluding hydrogens is 344 g/mol. The second kappa shape index (κ2) is 8.03. The fourth-order valence-electron chi connectivity index (χ4n) is 2.89. The van der Waals surface area contributed by atoms with Gasteiger partial charge in [0.1, 0.15) is 5.69 Å².